The topological polar surface area (TPSA) is 62.3 Å². The molecule has 1 atom stereocenters. The van der Waals surface area contributed by atoms with E-state index in [1.54, 1.807) is 4.90 Å². The number of nitrogens with one attached hydrogen (secondary N) is 1. The fourth-order valence-electron chi connectivity index (χ4n) is 4.82. The van der Waals surface area contributed by atoms with Crippen molar-refractivity contribution in [3.05, 3.63) is 81.3 Å². The van der Waals surface area contributed by atoms with Gasteiger partial charge < -0.3 is 5.32 Å². The van der Waals surface area contributed by atoms with Crippen molar-refractivity contribution in [3.63, 3.8) is 0 Å². The van der Waals surface area contributed by atoms with Gasteiger partial charge in [0, 0.05) is 11.7 Å². The van der Waals surface area contributed by atoms with Crippen LogP contribution in [0.3, 0.4) is 0 Å². The molecule has 3 aromatic rings. The second-order valence-corrected chi connectivity index (χ2v) is 10.9. The summed E-state index contributed by atoms with van der Waals surface area (Å²) in [5, 5.41) is 4.12. The van der Waals surface area contributed by atoms with E-state index in [9.17, 15) is 9.59 Å². The lowest BCUT2D eigenvalue weighted by Crippen LogP contribution is -2.47. The summed E-state index contributed by atoms with van der Waals surface area (Å²) >= 11 is 1.38. The van der Waals surface area contributed by atoms with Crippen LogP contribution >= 0.6 is 11.3 Å². The fraction of sp³-hybridized carbons (Fsp3) is 0.414. The molecular formula is C29H35N3O2S. The molecule has 0 spiro atoms. The number of rotatable bonds is 7. The van der Waals surface area contributed by atoms with Crippen LogP contribution in [0, 0.1) is 13.8 Å². The van der Waals surface area contributed by atoms with Crippen molar-refractivity contribution in [2.75, 3.05) is 4.90 Å². The molecule has 1 unspecified atom stereocenters. The number of hydrogen-bond acceptors (Lipinski definition) is 4. The number of carbonyl (C=O) groups is 2. The van der Waals surface area contributed by atoms with Gasteiger partial charge in [-0.25, -0.2) is 4.98 Å². The lowest BCUT2D eigenvalue weighted by atomic mass is 9.94. The van der Waals surface area contributed by atoms with Crippen molar-refractivity contribution < 1.29 is 9.59 Å². The Labute approximate surface area is 212 Å². The van der Waals surface area contributed by atoms with E-state index in [4.69, 9.17) is 0 Å². The van der Waals surface area contributed by atoms with Crippen LogP contribution in [0.25, 0.3) is 0 Å². The molecule has 0 bridgehead atoms. The second kappa shape index (κ2) is 11.2. The quantitative estimate of drug-likeness (QED) is 0.401. The van der Waals surface area contributed by atoms with E-state index in [2.05, 4.69) is 24.1 Å². The number of aromatic nitrogens is 1. The molecule has 6 heteroatoms. The summed E-state index contributed by atoms with van der Waals surface area (Å²) in [6.07, 6.45) is 5.43. The zero-order chi connectivity index (χ0) is 24.9. The summed E-state index contributed by atoms with van der Waals surface area (Å²) in [4.78, 5) is 34.8. The van der Waals surface area contributed by atoms with Gasteiger partial charge in [-0.1, -0.05) is 75.6 Å². The number of carbonyl (C=O) groups excluding carboxylic acids is 2. The highest BCUT2D eigenvalue weighted by Crippen LogP contribution is 2.33. The van der Waals surface area contributed by atoms with E-state index in [0.29, 0.717) is 22.2 Å². The van der Waals surface area contributed by atoms with Crippen LogP contribution < -0.4 is 10.2 Å². The first-order valence-corrected chi connectivity index (χ1v) is 13.4. The standard InChI is InChI=1S/C29H35N3O2S/c1-19(2)22-15-17-25(18-16-22)32(29(34)27-20(3)30-21(4)35-27)26(23-11-7-5-8-12-23)28(33)31-24-13-9-6-10-14-24/h5,7-8,11-12,15-19,24,26H,6,9-10,13-14H2,1-4H3,(H,31,33). The van der Waals surface area contributed by atoms with Gasteiger partial charge in [0.25, 0.3) is 5.91 Å². The number of hydrogen-bond donors (Lipinski definition) is 1. The van der Waals surface area contributed by atoms with Crippen molar-refractivity contribution in [2.45, 2.75) is 77.8 Å². The van der Waals surface area contributed by atoms with Crippen LogP contribution in [0.2, 0.25) is 0 Å². The maximum absolute atomic E-state index is 14.1. The summed E-state index contributed by atoms with van der Waals surface area (Å²) in [5.41, 5.74) is 3.38. The summed E-state index contributed by atoms with van der Waals surface area (Å²) in [5.74, 6) is 0.0421. The molecule has 0 radical (unpaired) electrons. The van der Waals surface area contributed by atoms with E-state index in [1.807, 2.05) is 68.4 Å². The van der Waals surface area contributed by atoms with Crippen molar-refractivity contribution in [1.82, 2.24) is 10.3 Å². The van der Waals surface area contributed by atoms with Crippen LogP contribution in [0.5, 0.6) is 0 Å². The van der Waals surface area contributed by atoms with Gasteiger partial charge in [0.15, 0.2) is 0 Å². The van der Waals surface area contributed by atoms with E-state index >= 15 is 0 Å². The summed E-state index contributed by atoms with van der Waals surface area (Å²) in [6.45, 7) is 8.05. The fourth-order valence-corrected chi connectivity index (χ4v) is 5.68. The van der Waals surface area contributed by atoms with Gasteiger partial charge >= 0.3 is 0 Å². The first kappa shape index (κ1) is 25.1. The monoisotopic (exact) mass is 489 g/mol. The Morgan fingerprint density at radius 2 is 1.60 bits per heavy atom. The minimum atomic E-state index is -0.780. The van der Waals surface area contributed by atoms with Gasteiger partial charge in [-0.15, -0.1) is 11.3 Å². The van der Waals surface area contributed by atoms with Crippen LogP contribution in [0.4, 0.5) is 5.69 Å². The summed E-state index contributed by atoms with van der Waals surface area (Å²) < 4.78 is 0. The minimum absolute atomic E-state index is 0.136. The number of benzene rings is 2. The Balaban J connectivity index is 1.80. The normalized spacial score (nSPS) is 15.1. The number of thiazole rings is 1. The number of anilines is 1. The lowest BCUT2D eigenvalue weighted by Gasteiger charge is -2.33. The zero-order valence-corrected chi connectivity index (χ0v) is 21.9. The van der Waals surface area contributed by atoms with Crippen molar-refractivity contribution in [3.8, 4) is 0 Å². The van der Waals surface area contributed by atoms with Gasteiger partial charge in [0.1, 0.15) is 10.9 Å². The first-order chi connectivity index (χ1) is 16.8. The SMILES string of the molecule is Cc1nc(C)c(C(=O)N(c2ccc(C(C)C)cc2)C(C(=O)NC2CCCCC2)c2ccccc2)s1. The predicted molar refractivity (Wildman–Crippen MR) is 143 cm³/mol. The van der Waals surface area contributed by atoms with Gasteiger partial charge in [-0.05, 0) is 55.9 Å². The molecule has 5 nitrogen and oxygen atoms in total. The summed E-state index contributed by atoms with van der Waals surface area (Å²) in [7, 11) is 0. The Kier molecular flexibility index (Phi) is 8.01. The molecule has 2 amide bonds. The molecule has 1 aromatic heterocycles. The molecule has 35 heavy (non-hydrogen) atoms. The van der Waals surface area contributed by atoms with Crippen molar-refractivity contribution in [1.29, 1.82) is 0 Å². The van der Waals surface area contributed by atoms with Crippen LogP contribution in [-0.2, 0) is 4.79 Å². The summed E-state index contributed by atoms with van der Waals surface area (Å²) in [6, 6.07) is 17.0. The Hall–Kier alpha value is -2.99. The maximum atomic E-state index is 14.1. The van der Waals surface area contributed by atoms with Crippen LogP contribution in [0.15, 0.2) is 54.6 Å². The van der Waals surface area contributed by atoms with Crippen LogP contribution in [0.1, 0.15) is 89.4 Å². The minimum Gasteiger partial charge on any atom is -0.351 e. The largest absolute Gasteiger partial charge is 0.351 e. The van der Waals surface area contributed by atoms with Gasteiger partial charge in [-0.2, -0.15) is 0 Å². The Morgan fingerprint density at radius 1 is 0.943 bits per heavy atom. The molecule has 184 valence electrons. The van der Waals surface area contributed by atoms with E-state index in [-0.39, 0.29) is 17.9 Å². The molecular weight excluding hydrogens is 454 g/mol. The van der Waals surface area contributed by atoms with Gasteiger partial charge in [0.05, 0.1) is 10.7 Å². The molecule has 1 heterocycles. The number of aryl methyl sites for hydroxylation is 2. The average molecular weight is 490 g/mol. The molecule has 1 aliphatic carbocycles. The first-order valence-electron chi connectivity index (χ1n) is 12.6. The second-order valence-electron chi connectivity index (χ2n) is 9.73. The zero-order valence-electron chi connectivity index (χ0n) is 21.1. The molecule has 1 aliphatic rings. The van der Waals surface area contributed by atoms with Gasteiger partial charge in [0.2, 0.25) is 5.91 Å². The van der Waals surface area contributed by atoms with E-state index in [0.717, 1.165) is 36.3 Å². The van der Waals surface area contributed by atoms with Crippen molar-refractivity contribution >= 4 is 28.8 Å². The molecule has 1 fully saturated rings. The highest BCUT2D eigenvalue weighted by Gasteiger charge is 2.36. The Morgan fingerprint density at radius 3 is 2.17 bits per heavy atom. The molecule has 0 saturated heterocycles. The van der Waals surface area contributed by atoms with E-state index < -0.39 is 6.04 Å². The maximum Gasteiger partial charge on any atom is 0.271 e. The lowest BCUT2D eigenvalue weighted by molar-refractivity contribution is -0.123. The van der Waals surface area contributed by atoms with E-state index in [1.165, 1.54) is 23.3 Å². The third-order valence-electron chi connectivity index (χ3n) is 6.73. The van der Waals surface area contributed by atoms with Crippen LogP contribution in [-0.4, -0.2) is 22.8 Å². The smallest absolute Gasteiger partial charge is 0.271 e. The molecule has 4 rings (SSSR count). The number of amides is 2. The predicted octanol–water partition coefficient (Wildman–Crippen LogP) is 6.72. The van der Waals surface area contributed by atoms with Gasteiger partial charge in [-0.3, -0.25) is 14.5 Å². The molecule has 1 N–H and O–H groups in total. The molecule has 0 aliphatic heterocycles. The molecule has 2 aromatic carbocycles. The Bertz CT molecular complexity index is 1150. The number of nitrogens with zero attached hydrogens (tertiary/aromatic N) is 2. The highest BCUT2D eigenvalue weighted by atomic mass is 32.1. The van der Waals surface area contributed by atoms with Crippen molar-refractivity contribution in [2.24, 2.45) is 0 Å². The molecule has 1 saturated carbocycles. The average Bonchev–Trinajstić information content (AvgIpc) is 3.21. The highest BCUT2D eigenvalue weighted by molar-refractivity contribution is 7.13. The third-order valence-corrected chi connectivity index (χ3v) is 7.79. The third kappa shape index (κ3) is 5.81.